The minimum absolute atomic E-state index is 0.0200. The zero-order valence-electron chi connectivity index (χ0n) is 20.3. The maximum absolute atomic E-state index is 15.0. The van der Waals surface area contributed by atoms with Crippen LogP contribution in [0, 0.1) is 0 Å². The molecule has 0 aromatic heterocycles. The second-order valence-corrected chi connectivity index (χ2v) is 9.14. The highest BCUT2D eigenvalue weighted by Crippen LogP contribution is 2.62. The summed E-state index contributed by atoms with van der Waals surface area (Å²) < 4.78 is 179. The number of rotatable bonds is 10. The molecule has 2 atom stereocenters. The van der Waals surface area contributed by atoms with Crippen LogP contribution in [0.1, 0.15) is 30.4 Å². The van der Waals surface area contributed by atoms with E-state index < -0.39 is 59.3 Å². The normalized spacial score (nSPS) is 16.5. The average molecular weight is 587 g/mol. The smallest absolute Gasteiger partial charge is 0.384 e. The summed E-state index contributed by atoms with van der Waals surface area (Å²) in [6.07, 6.45) is -10.3. The Morgan fingerprint density at radius 2 is 1.08 bits per heavy atom. The standard InChI is InChI=1S/C24H22F13NO/c1-14(15-9-5-4-6-10-15)18(39,16-11-7-8-12-17(16)38(2)3)13-19(25,26)20(27,28)21(29,30)22(31,32)23(33,34)24(35,36)37/h4-12,14,39H,13H2,1-3H3. The van der Waals surface area contributed by atoms with Gasteiger partial charge in [0.15, 0.2) is 0 Å². The fourth-order valence-electron chi connectivity index (χ4n) is 3.98. The molecule has 2 aromatic rings. The third-order valence-electron chi connectivity index (χ3n) is 6.36. The molecule has 220 valence electrons. The first-order valence-electron chi connectivity index (χ1n) is 10.9. The molecule has 15 heteroatoms. The van der Waals surface area contributed by atoms with Gasteiger partial charge in [-0.05, 0) is 11.6 Å². The molecular formula is C24H22F13NO. The molecule has 2 unspecified atom stereocenters. The van der Waals surface area contributed by atoms with Gasteiger partial charge in [-0.1, -0.05) is 55.5 Å². The SMILES string of the molecule is CC(c1ccccc1)C(O)(CC(F)(F)C(F)(F)C(F)(F)C(F)(F)C(F)(F)C(F)(F)F)c1ccccc1N(C)C. The quantitative estimate of drug-likeness (QED) is 0.286. The maximum atomic E-state index is 15.0. The first kappa shape index (κ1) is 32.5. The molecule has 0 radical (unpaired) electrons. The molecule has 0 amide bonds. The molecule has 0 fully saturated rings. The van der Waals surface area contributed by atoms with Crippen molar-refractivity contribution in [2.45, 2.75) is 60.7 Å². The van der Waals surface area contributed by atoms with Gasteiger partial charge < -0.3 is 10.0 Å². The highest BCUT2D eigenvalue weighted by atomic mass is 19.4. The van der Waals surface area contributed by atoms with Crippen LogP contribution in [0.4, 0.5) is 62.8 Å². The number of hydrogen-bond donors (Lipinski definition) is 1. The van der Waals surface area contributed by atoms with Crippen molar-refractivity contribution in [3.8, 4) is 0 Å². The fraction of sp³-hybridized carbons (Fsp3) is 0.500. The summed E-state index contributed by atoms with van der Waals surface area (Å²) in [5.74, 6) is -39.4. The molecule has 0 aliphatic heterocycles. The molecule has 0 aliphatic carbocycles. The van der Waals surface area contributed by atoms with Gasteiger partial charge in [0.2, 0.25) is 0 Å². The molecule has 0 saturated carbocycles. The first-order chi connectivity index (χ1) is 17.4. The minimum Gasteiger partial charge on any atom is -0.384 e. The fourth-order valence-corrected chi connectivity index (χ4v) is 3.98. The van der Waals surface area contributed by atoms with Gasteiger partial charge in [0, 0.05) is 31.3 Å². The molecule has 2 rings (SSSR count). The van der Waals surface area contributed by atoms with Crippen LogP contribution in [0.15, 0.2) is 54.6 Å². The number of benzene rings is 2. The maximum Gasteiger partial charge on any atom is 0.460 e. The summed E-state index contributed by atoms with van der Waals surface area (Å²) in [4.78, 5) is 1.21. The monoisotopic (exact) mass is 587 g/mol. The van der Waals surface area contributed by atoms with Crippen LogP contribution in [0.3, 0.4) is 0 Å². The van der Waals surface area contributed by atoms with Crippen molar-refractivity contribution in [1.29, 1.82) is 0 Å². The van der Waals surface area contributed by atoms with E-state index in [2.05, 4.69) is 0 Å². The molecule has 39 heavy (non-hydrogen) atoms. The Bertz CT molecular complexity index is 1130. The van der Waals surface area contributed by atoms with E-state index >= 15 is 8.78 Å². The lowest BCUT2D eigenvalue weighted by molar-refractivity contribution is -0.441. The van der Waals surface area contributed by atoms with E-state index in [-0.39, 0.29) is 11.3 Å². The van der Waals surface area contributed by atoms with Crippen LogP contribution >= 0.6 is 0 Å². The Morgan fingerprint density at radius 1 is 0.641 bits per heavy atom. The van der Waals surface area contributed by atoms with Gasteiger partial charge in [0.1, 0.15) is 5.60 Å². The third-order valence-corrected chi connectivity index (χ3v) is 6.36. The summed E-state index contributed by atoms with van der Waals surface area (Å²) in [5, 5.41) is 11.5. The highest BCUT2D eigenvalue weighted by Gasteiger charge is 2.90. The van der Waals surface area contributed by atoms with Crippen LogP contribution in [-0.2, 0) is 5.60 Å². The van der Waals surface area contributed by atoms with Gasteiger partial charge in [-0.25, -0.2) is 0 Å². The number of halogens is 13. The van der Waals surface area contributed by atoms with Crippen molar-refractivity contribution in [1.82, 2.24) is 0 Å². The Labute approximate surface area is 214 Å². The predicted octanol–water partition coefficient (Wildman–Crippen LogP) is 7.87. The van der Waals surface area contributed by atoms with Gasteiger partial charge >= 0.3 is 35.8 Å². The van der Waals surface area contributed by atoms with Gasteiger partial charge in [0.25, 0.3) is 0 Å². The van der Waals surface area contributed by atoms with Crippen LogP contribution in [0.25, 0.3) is 0 Å². The van der Waals surface area contributed by atoms with Crippen molar-refractivity contribution >= 4 is 5.69 Å². The number of alkyl halides is 13. The van der Waals surface area contributed by atoms with E-state index in [0.29, 0.717) is 0 Å². The van der Waals surface area contributed by atoms with Crippen molar-refractivity contribution < 1.29 is 62.2 Å². The van der Waals surface area contributed by atoms with E-state index in [0.717, 1.165) is 19.1 Å². The predicted molar refractivity (Wildman–Crippen MR) is 115 cm³/mol. The van der Waals surface area contributed by atoms with Crippen LogP contribution in [0.2, 0.25) is 0 Å². The summed E-state index contributed by atoms with van der Waals surface area (Å²) in [6.45, 7) is 1.01. The number of hydrogen-bond acceptors (Lipinski definition) is 2. The Kier molecular flexibility index (Phi) is 8.37. The van der Waals surface area contributed by atoms with E-state index in [9.17, 15) is 53.4 Å². The lowest BCUT2D eigenvalue weighted by Gasteiger charge is -2.44. The van der Waals surface area contributed by atoms with Crippen molar-refractivity contribution in [2.24, 2.45) is 0 Å². The highest BCUT2D eigenvalue weighted by molar-refractivity contribution is 5.56. The largest absolute Gasteiger partial charge is 0.460 e. The average Bonchev–Trinajstić information content (AvgIpc) is 2.82. The molecule has 0 aliphatic rings. The third kappa shape index (κ3) is 5.13. The number of nitrogens with zero attached hydrogens (tertiary/aromatic N) is 1. The minimum atomic E-state index is -8.02. The number of anilines is 1. The first-order valence-corrected chi connectivity index (χ1v) is 10.9. The topological polar surface area (TPSA) is 23.5 Å². The van der Waals surface area contributed by atoms with E-state index in [1.807, 2.05) is 0 Å². The van der Waals surface area contributed by atoms with Crippen molar-refractivity contribution in [3.05, 3.63) is 65.7 Å². The van der Waals surface area contributed by atoms with Gasteiger partial charge in [-0.15, -0.1) is 0 Å². The molecular weight excluding hydrogens is 565 g/mol. The van der Waals surface area contributed by atoms with Gasteiger partial charge in [0.05, 0.1) is 6.42 Å². The Balaban J connectivity index is 2.76. The van der Waals surface area contributed by atoms with Crippen LogP contribution in [0.5, 0.6) is 0 Å². The molecule has 2 nitrogen and oxygen atoms in total. The molecule has 0 spiro atoms. The Hall–Kier alpha value is -2.71. The van der Waals surface area contributed by atoms with Crippen LogP contribution < -0.4 is 4.90 Å². The summed E-state index contributed by atoms with van der Waals surface area (Å²) in [6, 6.07) is 11.2. The second kappa shape index (κ2) is 10.0. The molecule has 2 aromatic carbocycles. The number of para-hydroxylation sites is 1. The second-order valence-electron chi connectivity index (χ2n) is 9.14. The molecule has 0 bridgehead atoms. The zero-order valence-corrected chi connectivity index (χ0v) is 20.3. The van der Waals surface area contributed by atoms with Crippen LogP contribution in [-0.4, -0.2) is 55.0 Å². The molecule has 1 N–H and O–H groups in total. The van der Waals surface area contributed by atoms with Crippen molar-refractivity contribution in [3.63, 3.8) is 0 Å². The Morgan fingerprint density at radius 3 is 1.54 bits per heavy atom. The molecule has 0 saturated heterocycles. The van der Waals surface area contributed by atoms with E-state index in [1.54, 1.807) is 0 Å². The summed E-state index contributed by atoms with van der Waals surface area (Å²) >= 11 is 0. The molecule has 0 heterocycles. The lowest BCUT2D eigenvalue weighted by atomic mass is 9.72. The number of aliphatic hydroxyl groups is 1. The van der Waals surface area contributed by atoms with Gasteiger partial charge in [-0.2, -0.15) is 57.1 Å². The van der Waals surface area contributed by atoms with Gasteiger partial charge in [-0.3, -0.25) is 0 Å². The van der Waals surface area contributed by atoms with E-state index in [4.69, 9.17) is 0 Å². The zero-order chi connectivity index (χ0) is 30.5. The van der Waals surface area contributed by atoms with E-state index in [1.165, 1.54) is 61.5 Å². The lowest BCUT2D eigenvalue weighted by Crippen LogP contribution is -2.70. The summed E-state index contributed by atoms with van der Waals surface area (Å²) in [7, 11) is 2.65. The van der Waals surface area contributed by atoms with Crippen molar-refractivity contribution in [2.75, 3.05) is 19.0 Å². The summed E-state index contributed by atoms with van der Waals surface area (Å²) in [5.41, 5.74) is -3.99.